The van der Waals surface area contributed by atoms with Crippen LogP contribution in [0.15, 0.2) is 18.5 Å². The molecule has 0 saturated heterocycles. The molecule has 0 spiro atoms. The normalized spacial score (nSPS) is 18.3. The van der Waals surface area contributed by atoms with E-state index < -0.39 is 5.60 Å². The Kier molecular flexibility index (Phi) is 2.70. The molecule has 0 bridgehead atoms. The van der Waals surface area contributed by atoms with Crippen LogP contribution in [0.1, 0.15) is 31.2 Å². The second-order valence-corrected chi connectivity index (χ2v) is 5.23. The fourth-order valence-corrected chi connectivity index (χ4v) is 2.65. The van der Waals surface area contributed by atoms with Crippen molar-refractivity contribution in [2.24, 2.45) is 0 Å². The summed E-state index contributed by atoms with van der Waals surface area (Å²) < 4.78 is 1.77. The summed E-state index contributed by atoms with van der Waals surface area (Å²) in [6, 6.07) is 4.02. The molecule has 2 N–H and O–H groups in total. The van der Waals surface area contributed by atoms with Crippen molar-refractivity contribution in [2.75, 3.05) is 11.9 Å². The van der Waals surface area contributed by atoms with E-state index in [0.717, 1.165) is 42.7 Å². The first-order chi connectivity index (χ1) is 8.66. The zero-order valence-corrected chi connectivity index (χ0v) is 10.6. The predicted molar refractivity (Wildman–Crippen MR) is 69.6 cm³/mol. The van der Waals surface area contributed by atoms with Crippen LogP contribution in [0.2, 0.25) is 0 Å². The van der Waals surface area contributed by atoms with Crippen LogP contribution >= 0.6 is 0 Å². The molecule has 1 aliphatic carbocycles. The van der Waals surface area contributed by atoms with Gasteiger partial charge in [0.15, 0.2) is 5.65 Å². The van der Waals surface area contributed by atoms with Crippen molar-refractivity contribution >= 4 is 11.5 Å². The van der Waals surface area contributed by atoms with Crippen molar-refractivity contribution in [2.45, 2.75) is 38.2 Å². The Morgan fingerprint density at radius 3 is 2.94 bits per heavy atom. The molecule has 0 unspecified atom stereocenters. The van der Waals surface area contributed by atoms with Gasteiger partial charge in [0.2, 0.25) is 0 Å². The van der Waals surface area contributed by atoms with Gasteiger partial charge in [-0.25, -0.2) is 4.98 Å². The number of aromatic nitrogens is 3. The van der Waals surface area contributed by atoms with Gasteiger partial charge in [0, 0.05) is 6.54 Å². The van der Waals surface area contributed by atoms with Crippen LogP contribution < -0.4 is 5.32 Å². The van der Waals surface area contributed by atoms with Crippen LogP contribution in [0, 0.1) is 6.92 Å². The van der Waals surface area contributed by atoms with E-state index in [0.29, 0.717) is 6.54 Å². The predicted octanol–water partition coefficient (Wildman–Crippen LogP) is 1.75. The summed E-state index contributed by atoms with van der Waals surface area (Å²) in [4.78, 5) is 4.19. The van der Waals surface area contributed by atoms with Gasteiger partial charge >= 0.3 is 0 Å². The van der Waals surface area contributed by atoms with Crippen molar-refractivity contribution in [1.82, 2.24) is 14.6 Å². The van der Waals surface area contributed by atoms with E-state index in [1.165, 1.54) is 0 Å². The number of rotatable bonds is 3. The number of nitrogens with one attached hydrogen (secondary N) is 1. The van der Waals surface area contributed by atoms with Crippen LogP contribution in [-0.2, 0) is 0 Å². The molecule has 1 aliphatic rings. The minimum Gasteiger partial charge on any atom is -0.388 e. The molecule has 3 rings (SSSR count). The molecule has 1 fully saturated rings. The van der Waals surface area contributed by atoms with Gasteiger partial charge in [0.1, 0.15) is 12.1 Å². The van der Waals surface area contributed by atoms with Crippen molar-refractivity contribution in [1.29, 1.82) is 0 Å². The van der Waals surface area contributed by atoms with Crippen LogP contribution in [0.5, 0.6) is 0 Å². The average molecular weight is 246 g/mol. The maximum Gasteiger partial charge on any atom is 0.157 e. The van der Waals surface area contributed by atoms with Gasteiger partial charge in [0.05, 0.1) is 5.60 Å². The Morgan fingerprint density at radius 1 is 1.39 bits per heavy atom. The smallest absolute Gasteiger partial charge is 0.157 e. The number of nitrogens with zero attached hydrogens (tertiary/aromatic N) is 3. The quantitative estimate of drug-likeness (QED) is 0.866. The molecule has 5 nitrogen and oxygen atoms in total. The molecule has 0 aromatic carbocycles. The second kappa shape index (κ2) is 4.24. The highest BCUT2D eigenvalue weighted by Gasteiger charge is 2.30. The molecule has 0 amide bonds. The van der Waals surface area contributed by atoms with Gasteiger partial charge in [-0.05, 0) is 37.5 Å². The lowest BCUT2D eigenvalue weighted by Gasteiger charge is -2.23. The van der Waals surface area contributed by atoms with Crippen molar-refractivity contribution in [3.63, 3.8) is 0 Å². The third-order valence-corrected chi connectivity index (χ3v) is 3.66. The molecule has 18 heavy (non-hydrogen) atoms. The third-order valence-electron chi connectivity index (χ3n) is 3.66. The van der Waals surface area contributed by atoms with Crippen molar-refractivity contribution < 1.29 is 5.11 Å². The Hall–Kier alpha value is -1.62. The second-order valence-electron chi connectivity index (χ2n) is 5.23. The van der Waals surface area contributed by atoms with Crippen molar-refractivity contribution in [3.05, 3.63) is 24.0 Å². The van der Waals surface area contributed by atoms with Gasteiger partial charge in [-0.15, -0.1) is 0 Å². The lowest BCUT2D eigenvalue weighted by atomic mass is 10.0. The van der Waals surface area contributed by atoms with E-state index in [-0.39, 0.29) is 0 Å². The topological polar surface area (TPSA) is 62.5 Å². The van der Waals surface area contributed by atoms with Gasteiger partial charge in [0.25, 0.3) is 0 Å². The summed E-state index contributed by atoms with van der Waals surface area (Å²) in [5, 5.41) is 17.8. The molecule has 2 aromatic rings. The summed E-state index contributed by atoms with van der Waals surface area (Å²) in [5.74, 6) is 0.892. The minimum absolute atomic E-state index is 0.559. The summed E-state index contributed by atoms with van der Waals surface area (Å²) in [6.45, 7) is 2.61. The molecular weight excluding hydrogens is 228 g/mol. The molecular formula is C13H18N4O. The van der Waals surface area contributed by atoms with Crippen LogP contribution in [-0.4, -0.2) is 31.9 Å². The number of anilines is 1. The molecule has 0 radical (unpaired) electrons. The van der Waals surface area contributed by atoms with E-state index in [1.807, 2.05) is 19.1 Å². The van der Waals surface area contributed by atoms with Gasteiger partial charge in [-0.1, -0.05) is 12.8 Å². The first kappa shape index (κ1) is 11.5. The molecule has 0 aliphatic heterocycles. The monoisotopic (exact) mass is 246 g/mol. The fraction of sp³-hybridized carbons (Fsp3) is 0.538. The zero-order chi connectivity index (χ0) is 12.6. The van der Waals surface area contributed by atoms with E-state index >= 15 is 0 Å². The van der Waals surface area contributed by atoms with Crippen LogP contribution in [0.3, 0.4) is 0 Å². The first-order valence-electron chi connectivity index (χ1n) is 6.43. The summed E-state index contributed by atoms with van der Waals surface area (Å²) >= 11 is 0. The summed E-state index contributed by atoms with van der Waals surface area (Å²) in [7, 11) is 0. The lowest BCUT2D eigenvalue weighted by molar-refractivity contribution is 0.0613. The zero-order valence-electron chi connectivity index (χ0n) is 10.6. The molecule has 0 atom stereocenters. The Bertz CT molecular complexity index is 557. The van der Waals surface area contributed by atoms with E-state index in [4.69, 9.17) is 0 Å². The molecule has 96 valence electrons. The number of aliphatic hydroxyl groups is 1. The Balaban J connectivity index is 1.83. The summed E-state index contributed by atoms with van der Waals surface area (Å²) in [6.07, 6.45) is 5.54. The number of fused-ring (bicyclic) bond motifs is 1. The Labute approximate surface area is 106 Å². The Morgan fingerprint density at radius 2 is 2.17 bits per heavy atom. The van der Waals surface area contributed by atoms with Gasteiger partial charge < -0.3 is 10.4 Å². The average Bonchev–Trinajstić information content (AvgIpc) is 2.95. The lowest BCUT2D eigenvalue weighted by Crippen LogP contribution is -2.34. The van der Waals surface area contributed by atoms with E-state index in [2.05, 4.69) is 15.4 Å². The fourth-order valence-electron chi connectivity index (χ4n) is 2.65. The maximum atomic E-state index is 10.3. The maximum absolute atomic E-state index is 10.3. The van der Waals surface area contributed by atoms with Crippen LogP contribution in [0.4, 0.5) is 5.82 Å². The van der Waals surface area contributed by atoms with E-state index in [9.17, 15) is 5.11 Å². The standard InChI is InChI=1S/C13H18N4O/c1-10-6-11(17-12(7-10)15-9-16-17)14-8-13(18)4-2-3-5-13/h6-7,9,14,18H,2-5,8H2,1H3. The first-order valence-corrected chi connectivity index (χ1v) is 6.43. The SMILES string of the molecule is Cc1cc(NCC2(O)CCCC2)n2ncnc2c1. The molecule has 2 heterocycles. The number of hydrogen-bond donors (Lipinski definition) is 2. The van der Waals surface area contributed by atoms with Crippen LogP contribution in [0.25, 0.3) is 5.65 Å². The number of pyridine rings is 1. The molecule has 5 heteroatoms. The van der Waals surface area contributed by atoms with Gasteiger partial charge in [-0.3, -0.25) is 0 Å². The highest BCUT2D eigenvalue weighted by atomic mass is 16.3. The molecule has 1 saturated carbocycles. The number of hydrogen-bond acceptors (Lipinski definition) is 4. The van der Waals surface area contributed by atoms with Gasteiger partial charge in [-0.2, -0.15) is 9.61 Å². The highest BCUT2D eigenvalue weighted by molar-refractivity contribution is 5.51. The third kappa shape index (κ3) is 2.06. The van der Waals surface area contributed by atoms with E-state index in [1.54, 1.807) is 10.8 Å². The highest BCUT2D eigenvalue weighted by Crippen LogP contribution is 2.29. The largest absolute Gasteiger partial charge is 0.388 e. The minimum atomic E-state index is -0.559. The summed E-state index contributed by atoms with van der Waals surface area (Å²) in [5.41, 5.74) is 1.41. The number of aryl methyl sites for hydroxylation is 1. The molecule has 2 aromatic heterocycles. The van der Waals surface area contributed by atoms with Crippen molar-refractivity contribution in [3.8, 4) is 0 Å².